The van der Waals surface area contributed by atoms with Crippen LogP contribution in [0.15, 0.2) is 79.8 Å². The highest BCUT2D eigenvalue weighted by molar-refractivity contribution is 9.11. The van der Waals surface area contributed by atoms with Crippen LogP contribution in [0.3, 0.4) is 0 Å². The average Bonchev–Trinajstić information content (AvgIpc) is 3.02. The smallest absolute Gasteiger partial charge is 0.329 e. The fourth-order valence-electron chi connectivity index (χ4n) is 3.41. The van der Waals surface area contributed by atoms with E-state index in [9.17, 15) is 9.59 Å². The number of imide groups is 1. The molecule has 0 bridgehead atoms. The number of hydrogen-bond donors (Lipinski definition) is 1. The van der Waals surface area contributed by atoms with Gasteiger partial charge in [0.1, 0.15) is 18.1 Å². The van der Waals surface area contributed by atoms with Gasteiger partial charge in [-0.25, -0.2) is 4.79 Å². The molecule has 1 N–H and O–H groups in total. The molecule has 0 aromatic heterocycles. The Labute approximate surface area is 217 Å². The second-order valence-electron chi connectivity index (χ2n) is 7.60. The Morgan fingerprint density at radius 2 is 1.64 bits per heavy atom. The Morgan fingerprint density at radius 1 is 0.939 bits per heavy atom. The molecule has 1 aliphatic rings. The summed E-state index contributed by atoms with van der Waals surface area (Å²) in [7, 11) is 0. The summed E-state index contributed by atoms with van der Waals surface area (Å²) in [6.07, 6.45) is 1.66. The number of carbonyl (C=O) groups is 2. The fourth-order valence-corrected chi connectivity index (χ4v) is 5.13. The lowest BCUT2D eigenvalue weighted by Crippen LogP contribution is -2.30. The number of nitrogens with zero attached hydrogens (tertiary/aromatic N) is 1. The van der Waals surface area contributed by atoms with Crippen LogP contribution in [0.1, 0.15) is 22.3 Å². The normalized spacial score (nSPS) is 14.7. The van der Waals surface area contributed by atoms with Gasteiger partial charge in [-0.15, -0.1) is 0 Å². The van der Waals surface area contributed by atoms with E-state index in [4.69, 9.17) is 4.74 Å². The Kier molecular flexibility index (Phi) is 7.36. The molecule has 1 saturated heterocycles. The summed E-state index contributed by atoms with van der Waals surface area (Å²) in [5.41, 5.74) is 3.99. The molecule has 8 heteroatoms. The van der Waals surface area contributed by atoms with Crippen LogP contribution in [0.5, 0.6) is 5.75 Å². The zero-order chi connectivity index (χ0) is 23.5. The first-order valence-corrected chi connectivity index (χ1v) is 12.4. The van der Waals surface area contributed by atoms with Crippen LogP contribution in [-0.4, -0.2) is 16.8 Å². The molecule has 0 radical (unpaired) electrons. The number of nitrogens with one attached hydrogen (secondary N) is 1. The van der Waals surface area contributed by atoms with Crippen molar-refractivity contribution in [1.29, 1.82) is 0 Å². The monoisotopic (exact) mass is 632 g/mol. The van der Waals surface area contributed by atoms with E-state index in [1.165, 1.54) is 4.90 Å². The third-order valence-corrected chi connectivity index (χ3v) is 6.72. The van der Waals surface area contributed by atoms with E-state index < -0.39 is 6.03 Å². The van der Waals surface area contributed by atoms with E-state index in [-0.39, 0.29) is 18.1 Å². The predicted octanol–water partition coefficient (Wildman–Crippen LogP) is 6.95. The van der Waals surface area contributed by atoms with Crippen molar-refractivity contribution in [3.8, 4) is 5.75 Å². The first-order valence-electron chi connectivity index (χ1n) is 10.1. The second kappa shape index (κ2) is 10.2. The highest BCUT2D eigenvalue weighted by atomic mass is 79.9. The fraction of sp³-hybridized carbons (Fsp3) is 0.120. The molecule has 1 fully saturated rings. The maximum absolute atomic E-state index is 12.9. The Morgan fingerprint density at radius 3 is 2.30 bits per heavy atom. The molecule has 4 rings (SSSR count). The van der Waals surface area contributed by atoms with Crippen LogP contribution < -0.4 is 10.1 Å². The molecule has 3 amide bonds. The van der Waals surface area contributed by atoms with Crippen molar-refractivity contribution in [1.82, 2.24) is 10.2 Å². The summed E-state index contributed by atoms with van der Waals surface area (Å²) in [5.74, 6) is 0.298. The summed E-state index contributed by atoms with van der Waals surface area (Å²) >= 11 is 10.5. The zero-order valence-corrected chi connectivity index (χ0v) is 22.3. The quantitative estimate of drug-likeness (QED) is 0.236. The van der Waals surface area contributed by atoms with Gasteiger partial charge in [0.15, 0.2) is 0 Å². The van der Waals surface area contributed by atoms with Crippen molar-refractivity contribution in [2.24, 2.45) is 0 Å². The minimum atomic E-state index is -0.430. The zero-order valence-electron chi connectivity index (χ0n) is 17.6. The maximum atomic E-state index is 12.9. The van der Waals surface area contributed by atoms with Gasteiger partial charge >= 0.3 is 6.03 Å². The average molecular weight is 635 g/mol. The molecule has 33 heavy (non-hydrogen) atoms. The van der Waals surface area contributed by atoms with E-state index in [1.807, 2.05) is 67.6 Å². The minimum Gasteiger partial charge on any atom is -0.487 e. The van der Waals surface area contributed by atoms with E-state index in [1.54, 1.807) is 6.08 Å². The first kappa shape index (κ1) is 23.7. The number of carbonyl (C=O) groups excluding carboxylic acids is 2. The summed E-state index contributed by atoms with van der Waals surface area (Å²) < 4.78 is 8.45. The number of urea groups is 1. The first-order chi connectivity index (χ1) is 15.8. The lowest BCUT2D eigenvalue weighted by atomic mass is 10.1. The molecule has 5 nitrogen and oxygen atoms in total. The number of rotatable bonds is 6. The largest absolute Gasteiger partial charge is 0.487 e. The second-order valence-corrected chi connectivity index (χ2v) is 10.2. The lowest BCUT2D eigenvalue weighted by molar-refractivity contribution is -0.123. The van der Waals surface area contributed by atoms with Crippen LogP contribution in [0.25, 0.3) is 6.08 Å². The van der Waals surface area contributed by atoms with Crippen LogP contribution in [0, 0.1) is 6.92 Å². The van der Waals surface area contributed by atoms with Crippen molar-refractivity contribution in [2.75, 3.05) is 0 Å². The molecular formula is C25H19Br3N2O3. The molecule has 0 saturated carbocycles. The van der Waals surface area contributed by atoms with Gasteiger partial charge in [-0.05, 0) is 85.8 Å². The Hall–Kier alpha value is -2.42. The summed E-state index contributed by atoms with van der Waals surface area (Å²) in [6, 6.07) is 18.9. The molecular weight excluding hydrogens is 616 g/mol. The highest BCUT2D eigenvalue weighted by Gasteiger charge is 2.33. The molecule has 1 aliphatic heterocycles. The van der Waals surface area contributed by atoms with Gasteiger partial charge < -0.3 is 10.1 Å². The molecule has 0 spiro atoms. The Bertz CT molecular complexity index is 1230. The predicted molar refractivity (Wildman–Crippen MR) is 139 cm³/mol. The number of aryl methyl sites for hydroxylation is 1. The van der Waals surface area contributed by atoms with Gasteiger partial charge in [0.05, 0.1) is 15.5 Å². The standard InChI is InChI=1S/C25H19Br3N2O3/c1-15-3-2-4-17(9-15)13-30-24(31)22(29-25(30)32)12-18-10-20(27)23(21(28)11-18)33-14-16-5-7-19(26)8-6-16/h2-12H,13-14H2,1H3,(H,29,32)/b22-12+. The van der Waals surface area contributed by atoms with Crippen molar-refractivity contribution in [3.63, 3.8) is 0 Å². The highest BCUT2D eigenvalue weighted by Crippen LogP contribution is 2.36. The van der Waals surface area contributed by atoms with Crippen LogP contribution in [0.2, 0.25) is 0 Å². The van der Waals surface area contributed by atoms with Crippen LogP contribution >= 0.6 is 47.8 Å². The van der Waals surface area contributed by atoms with Gasteiger partial charge in [-0.2, -0.15) is 0 Å². The number of hydrogen-bond acceptors (Lipinski definition) is 3. The van der Waals surface area contributed by atoms with Crippen LogP contribution in [-0.2, 0) is 17.9 Å². The molecule has 3 aromatic rings. The summed E-state index contributed by atoms with van der Waals surface area (Å²) in [6.45, 7) is 2.61. The van der Waals surface area contributed by atoms with Crippen molar-refractivity contribution in [3.05, 3.63) is 102 Å². The van der Waals surface area contributed by atoms with E-state index >= 15 is 0 Å². The Balaban J connectivity index is 1.49. The number of halogens is 3. The van der Waals surface area contributed by atoms with Gasteiger partial charge in [0, 0.05) is 4.47 Å². The third-order valence-electron chi connectivity index (χ3n) is 5.01. The minimum absolute atomic E-state index is 0.222. The molecule has 3 aromatic carbocycles. The number of ether oxygens (including phenoxy) is 1. The molecule has 168 valence electrons. The third kappa shape index (κ3) is 5.75. The van der Waals surface area contributed by atoms with Gasteiger partial charge in [0.25, 0.3) is 5.91 Å². The van der Waals surface area contributed by atoms with Crippen molar-refractivity contribution < 1.29 is 14.3 Å². The molecule has 0 unspecified atom stereocenters. The molecule has 1 heterocycles. The lowest BCUT2D eigenvalue weighted by Gasteiger charge is -2.12. The van der Waals surface area contributed by atoms with Crippen molar-refractivity contribution in [2.45, 2.75) is 20.1 Å². The maximum Gasteiger partial charge on any atom is 0.329 e. The van der Waals surface area contributed by atoms with E-state index in [0.29, 0.717) is 12.4 Å². The summed E-state index contributed by atoms with van der Waals surface area (Å²) in [4.78, 5) is 26.5. The summed E-state index contributed by atoms with van der Waals surface area (Å²) in [5, 5.41) is 2.67. The van der Waals surface area contributed by atoms with Gasteiger partial charge in [-0.1, -0.05) is 57.9 Å². The van der Waals surface area contributed by atoms with Gasteiger partial charge in [0.2, 0.25) is 0 Å². The van der Waals surface area contributed by atoms with Crippen molar-refractivity contribution >= 4 is 65.8 Å². The SMILES string of the molecule is Cc1cccc(CN2C(=O)N/C(=C/c3cc(Br)c(OCc4ccc(Br)cc4)c(Br)c3)C2=O)c1. The van der Waals surface area contributed by atoms with Crippen LogP contribution in [0.4, 0.5) is 4.79 Å². The topological polar surface area (TPSA) is 58.6 Å². The molecule has 0 atom stereocenters. The number of amides is 3. The molecule has 0 aliphatic carbocycles. The van der Waals surface area contributed by atoms with Gasteiger partial charge in [-0.3, -0.25) is 9.69 Å². The van der Waals surface area contributed by atoms with E-state index in [2.05, 4.69) is 53.1 Å². The number of benzene rings is 3. The van der Waals surface area contributed by atoms with E-state index in [0.717, 1.165) is 35.7 Å².